The predicted octanol–water partition coefficient (Wildman–Crippen LogP) is 3.79. The number of piperazine rings is 1. The van der Waals surface area contributed by atoms with Crippen LogP contribution in [0.5, 0.6) is 0 Å². The Morgan fingerprint density at radius 3 is 2.52 bits per heavy atom. The maximum absolute atomic E-state index is 12.8. The number of hydrogen-bond acceptors (Lipinski definition) is 4. The normalized spacial score (nSPS) is 16.1. The van der Waals surface area contributed by atoms with Gasteiger partial charge >= 0.3 is 0 Å². The summed E-state index contributed by atoms with van der Waals surface area (Å²) in [6, 6.07) is 10.5. The molecule has 3 heterocycles. The van der Waals surface area contributed by atoms with E-state index < -0.39 is 10.0 Å². The Kier molecular flexibility index (Phi) is 5.06. The Labute approximate surface area is 173 Å². The zero-order valence-electron chi connectivity index (χ0n) is 14.0. The zero-order chi connectivity index (χ0) is 19.2. The molecule has 1 N–H and O–H groups in total. The van der Waals surface area contributed by atoms with E-state index in [0.717, 1.165) is 14.7 Å². The summed E-state index contributed by atoms with van der Waals surface area (Å²) in [4.78, 5) is 17.5. The number of aromatic amines is 1. The second-order valence-corrected chi connectivity index (χ2v) is 11.2. The molecule has 6 nitrogen and oxygen atoms in total. The summed E-state index contributed by atoms with van der Waals surface area (Å²) in [5, 5.41) is 1.48. The molecule has 10 heteroatoms. The highest BCUT2D eigenvalue weighted by Crippen LogP contribution is 2.29. The van der Waals surface area contributed by atoms with Gasteiger partial charge in [-0.15, -0.1) is 11.3 Å². The fraction of sp³-hybridized carbons (Fsp3) is 0.235. The summed E-state index contributed by atoms with van der Waals surface area (Å²) in [5.74, 6) is -0.141. The molecule has 4 rings (SSSR count). The first-order valence-electron chi connectivity index (χ1n) is 8.17. The lowest BCUT2D eigenvalue weighted by atomic mass is 10.2. The van der Waals surface area contributed by atoms with Crippen LogP contribution in [0.15, 0.2) is 44.4 Å². The van der Waals surface area contributed by atoms with Gasteiger partial charge in [0, 0.05) is 42.1 Å². The molecule has 0 bridgehead atoms. The van der Waals surface area contributed by atoms with E-state index in [1.54, 1.807) is 35.2 Å². The van der Waals surface area contributed by atoms with E-state index in [1.807, 2.05) is 6.07 Å². The van der Waals surface area contributed by atoms with Gasteiger partial charge in [-0.1, -0.05) is 11.6 Å². The summed E-state index contributed by atoms with van der Waals surface area (Å²) in [6.45, 7) is 1.24. The van der Waals surface area contributed by atoms with Gasteiger partial charge in [-0.25, -0.2) is 8.42 Å². The average Bonchev–Trinajstić information content (AvgIpc) is 3.27. The average molecular weight is 489 g/mol. The van der Waals surface area contributed by atoms with E-state index in [0.29, 0.717) is 28.0 Å². The van der Waals surface area contributed by atoms with Gasteiger partial charge in [0.2, 0.25) is 0 Å². The molecule has 1 aliphatic heterocycles. The largest absolute Gasteiger partial charge is 0.351 e. The molecule has 1 fully saturated rings. The van der Waals surface area contributed by atoms with Crippen LogP contribution in [0, 0.1) is 0 Å². The smallest absolute Gasteiger partial charge is 0.270 e. The molecule has 1 aliphatic rings. The van der Waals surface area contributed by atoms with E-state index in [1.165, 1.54) is 15.6 Å². The van der Waals surface area contributed by atoms with Crippen molar-refractivity contribution in [1.29, 1.82) is 0 Å². The lowest BCUT2D eigenvalue weighted by Gasteiger charge is -2.33. The molecule has 1 saturated heterocycles. The SMILES string of the molecule is O=C(c1cc2cc(Cl)ccc2[nH]1)N1CCN(S(=O)(=O)c2ccc(Br)s2)CC1. The van der Waals surface area contributed by atoms with Crippen LogP contribution in [0.2, 0.25) is 5.02 Å². The van der Waals surface area contributed by atoms with Crippen molar-refractivity contribution in [3.05, 3.63) is 50.9 Å². The van der Waals surface area contributed by atoms with Crippen molar-refractivity contribution in [1.82, 2.24) is 14.2 Å². The molecular formula is C17H15BrClN3O3S2. The van der Waals surface area contributed by atoms with Crippen molar-refractivity contribution < 1.29 is 13.2 Å². The highest BCUT2D eigenvalue weighted by molar-refractivity contribution is 9.11. The lowest BCUT2D eigenvalue weighted by Crippen LogP contribution is -2.50. The van der Waals surface area contributed by atoms with E-state index in [2.05, 4.69) is 20.9 Å². The standard InChI is InChI=1S/C17H15BrClN3O3S2/c18-15-3-4-16(26-15)27(24,25)22-7-5-21(6-8-22)17(23)14-10-11-9-12(19)1-2-13(11)20-14/h1-4,9-10,20H,5-8H2. The first-order chi connectivity index (χ1) is 12.8. The van der Waals surface area contributed by atoms with Crippen LogP contribution in [-0.4, -0.2) is 54.7 Å². The number of thiophene rings is 1. The lowest BCUT2D eigenvalue weighted by molar-refractivity contribution is 0.0693. The second kappa shape index (κ2) is 7.21. The number of carbonyl (C=O) groups excluding carboxylic acids is 1. The third kappa shape index (κ3) is 3.66. The molecule has 0 radical (unpaired) electrons. The topological polar surface area (TPSA) is 73.5 Å². The summed E-state index contributed by atoms with van der Waals surface area (Å²) < 4.78 is 27.9. The minimum Gasteiger partial charge on any atom is -0.351 e. The molecule has 1 aromatic carbocycles. The molecular weight excluding hydrogens is 474 g/mol. The van der Waals surface area contributed by atoms with Crippen molar-refractivity contribution in [2.75, 3.05) is 26.2 Å². The van der Waals surface area contributed by atoms with Crippen molar-refractivity contribution in [3.8, 4) is 0 Å². The van der Waals surface area contributed by atoms with Crippen molar-refractivity contribution in [2.24, 2.45) is 0 Å². The number of carbonyl (C=O) groups is 1. The number of rotatable bonds is 3. The molecule has 3 aromatic rings. The number of benzene rings is 1. The number of H-pyrrole nitrogens is 1. The Morgan fingerprint density at radius 2 is 1.85 bits per heavy atom. The van der Waals surface area contributed by atoms with E-state index in [9.17, 15) is 13.2 Å². The number of hydrogen-bond donors (Lipinski definition) is 1. The van der Waals surface area contributed by atoms with Crippen LogP contribution >= 0.6 is 38.9 Å². The fourth-order valence-corrected chi connectivity index (χ4v) is 6.85. The van der Waals surface area contributed by atoms with Gasteiger partial charge in [-0.05, 0) is 52.3 Å². The molecule has 27 heavy (non-hydrogen) atoms. The number of sulfonamides is 1. The number of amides is 1. The second-order valence-electron chi connectivity index (χ2n) is 6.17. The van der Waals surface area contributed by atoms with Crippen LogP contribution < -0.4 is 0 Å². The van der Waals surface area contributed by atoms with Crippen LogP contribution in [0.25, 0.3) is 10.9 Å². The van der Waals surface area contributed by atoms with Gasteiger partial charge < -0.3 is 9.88 Å². The number of halogens is 2. The third-order valence-electron chi connectivity index (χ3n) is 4.48. The molecule has 0 atom stereocenters. The summed E-state index contributed by atoms with van der Waals surface area (Å²) in [7, 11) is -3.52. The Balaban J connectivity index is 1.47. The maximum Gasteiger partial charge on any atom is 0.270 e. The first-order valence-corrected chi connectivity index (χ1v) is 11.6. The Morgan fingerprint density at radius 1 is 1.11 bits per heavy atom. The van der Waals surface area contributed by atoms with Crippen LogP contribution in [-0.2, 0) is 10.0 Å². The molecule has 2 aromatic heterocycles. The minimum absolute atomic E-state index is 0.141. The maximum atomic E-state index is 12.8. The number of aromatic nitrogens is 1. The molecule has 0 aliphatic carbocycles. The molecule has 0 saturated carbocycles. The van der Waals surface area contributed by atoms with E-state index >= 15 is 0 Å². The quantitative estimate of drug-likeness (QED) is 0.609. The van der Waals surface area contributed by atoms with Crippen LogP contribution in [0.4, 0.5) is 0 Å². The van der Waals surface area contributed by atoms with Crippen molar-refractivity contribution in [2.45, 2.75) is 4.21 Å². The van der Waals surface area contributed by atoms with Crippen LogP contribution in [0.3, 0.4) is 0 Å². The third-order valence-corrected chi connectivity index (χ3v) is 8.71. The van der Waals surface area contributed by atoms with Gasteiger partial charge in [-0.3, -0.25) is 4.79 Å². The minimum atomic E-state index is -3.52. The molecule has 0 spiro atoms. The zero-order valence-corrected chi connectivity index (χ0v) is 18.0. The Bertz CT molecular complexity index is 1120. The highest BCUT2D eigenvalue weighted by atomic mass is 79.9. The number of nitrogens with one attached hydrogen (secondary N) is 1. The molecule has 1 amide bonds. The number of nitrogens with zero attached hydrogens (tertiary/aromatic N) is 2. The monoisotopic (exact) mass is 487 g/mol. The van der Waals surface area contributed by atoms with Crippen molar-refractivity contribution in [3.63, 3.8) is 0 Å². The summed E-state index contributed by atoms with van der Waals surface area (Å²) in [5.41, 5.74) is 1.32. The van der Waals surface area contributed by atoms with Gasteiger partial charge in [0.25, 0.3) is 15.9 Å². The molecule has 0 unspecified atom stereocenters. The van der Waals surface area contributed by atoms with Gasteiger partial charge in [0.05, 0.1) is 3.79 Å². The van der Waals surface area contributed by atoms with Crippen LogP contribution in [0.1, 0.15) is 10.5 Å². The predicted molar refractivity (Wildman–Crippen MR) is 110 cm³/mol. The first kappa shape index (κ1) is 18.9. The van der Waals surface area contributed by atoms with Crippen molar-refractivity contribution >= 4 is 65.7 Å². The fourth-order valence-electron chi connectivity index (χ4n) is 3.08. The summed E-state index contributed by atoms with van der Waals surface area (Å²) >= 11 is 10.5. The van der Waals surface area contributed by atoms with E-state index in [4.69, 9.17) is 11.6 Å². The Hall–Kier alpha value is -1.39. The highest BCUT2D eigenvalue weighted by Gasteiger charge is 2.31. The number of fused-ring (bicyclic) bond motifs is 1. The van der Waals surface area contributed by atoms with Gasteiger partial charge in [-0.2, -0.15) is 4.31 Å². The van der Waals surface area contributed by atoms with E-state index in [-0.39, 0.29) is 19.0 Å². The summed E-state index contributed by atoms with van der Waals surface area (Å²) in [6.07, 6.45) is 0. The molecule has 142 valence electrons. The van der Waals surface area contributed by atoms with Gasteiger partial charge in [0.1, 0.15) is 9.90 Å². The van der Waals surface area contributed by atoms with Gasteiger partial charge in [0.15, 0.2) is 0 Å².